The fourth-order valence-corrected chi connectivity index (χ4v) is 2.67. The van der Waals surface area contributed by atoms with E-state index >= 15 is 0 Å². The third kappa shape index (κ3) is 3.44. The Morgan fingerprint density at radius 3 is 2.68 bits per heavy atom. The van der Waals surface area contributed by atoms with Gasteiger partial charge in [-0.25, -0.2) is 9.97 Å². The first kappa shape index (κ1) is 13.8. The molecular formula is C14H19N3OS. The van der Waals surface area contributed by atoms with E-state index in [1.807, 2.05) is 25.2 Å². The molecule has 0 radical (unpaired) electrons. The fraction of sp³-hybridized carbons (Fsp3) is 0.429. The first-order chi connectivity index (χ1) is 9.24. The number of hydrogen-bond acceptors (Lipinski definition) is 5. The quantitative estimate of drug-likeness (QED) is 0.879. The number of aromatic nitrogens is 2. The van der Waals surface area contributed by atoms with E-state index in [0.29, 0.717) is 12.5 Å². The zero-order valence-corrected chi connectivity index (χ0v) is 12.4. The van der Waals surface area contributed by atoms with E-state index < -0.39 is 0 Å². The second-order valence-electron chi connectivity index (χ2n) is 4.16. The zero-order valence-electron chi connectivity index (χ0n) is 11.6. The van der Waals surface area contributed by atoms with Crippen LogP contribution in [0.1, 0.15) is 29.2 Å². The molecule has 0 aliphatic rings. The molecule has 0 saturated carbocycles. The number of thiophene rings is 1. The molecule has 0 amide bonds. The molecule has 2 rings (SSSR count). The van der Waals surface area contributed by atoms with Crippen molar-refractivity contribution >= 4 is 17.2 Å². The van der Waals surface area contributed by atoms with Gasteiger partial charge in [-0.2, -0.15) is 0 Å². The Morgan fingerprint density at radius 1 is 1.21 bits per heavy atom. The molecule has 4 nitrogen and oxygen atoms in total. The SMILES string of the molecule is CCOc1ncnc(NCc2ccc(CC)s2)c1C. The molecule has 0 unspecified atom stereocenters. The van der Waals surface area contributed by atoms with Gasteiger partial charge >= 0.3 is 0 Å². The summed E-state index contributed by atoms with van der Waals surface area (Å²) >= 11 is 1.84. The van der Waals surface area contributed by atoms with Crippen molar-refractivity contribution in [2.45, 2.75) is 33.7 Å². The van der Waals surface area contributed by atoms with E-state index in [1.54, 1.807) is 0 Å². The molecule has 0 aliphatic heterocycles. The van der Waals surface area contributed by atoms with Crippen LogP contribution in [0, 0.1) is 6.92 Å². The Bertz CT molecular complexity index is 539. The minimum atomic E-state index is 0.613. The molecule has 0 spiro atoms. The van der Waals surface area contributed by atoms with Crippen LogP contribution in [0.15, 0.2) is 18.5 Å². The lowest BCUT2D eigenvalue weighted by Crippen LogP contribution is -2.05. The highest BCUT2D eigenvalue weighted by molar-refractivity contribution is 7.12. The third-order valence-electron chi connectivity index (χ3n) is 2.81. The predicted octanol–water partition coefficient (Wildman–Crippen LogP) is 3.42. The van der Waals surface area contributed by atoms with Crippen LogP contribution in [0.4, 0.5) is 5.82 Å². The lowest BCUT2D eigenvalue weighted by atomic mass is 10.3. The minimum Gasteiger partial charge on any atom is -0.478 e. The van der Waals surface area contributed by atoms with Crippen LogP contribution in [-0.4, -0.2) is 16.6 Å². The summed E-state index contributed by atoms with van der Waals surface area (Å²) < 4.78 is 5.46. The highest BCUT2D eigenvalue weighted by Crippen LogP contribution is 2.22. The van der Waals surface area contributed by atoms with Gasteiger partial charge in [-0.1, -0.05) is 6.92 Å². The van der Waals surface area contributed by atoms with Crippen LogP contribution in [0.3, 0.4) is 0 Å². The fourth-order valence-electron chi connectivity index (χ4n) is 1.77. The molecule has 2 aromatic heterocycles. The average molecular weight is 277 g/mol. The highest BCUT2D eigenvalue weighted by atomic mass is 32.1. The van der Waals surface area contributed by atoms with E-state index in [9.17, 15) is 0 Å². The molecule has 102 valence electrons. The second-order valence-corrected chi connectivity index (χ2v) is 5.41. The first-order valence-electron chi connectivity index (χ1n) is 6.50. The molecule has 0 aliphatic carbocycles. The maximum atomic E-state index is 5.46. The van der Waals surface area contributed by atoms with Crippen molar-refractivity contribution in [1.29, 1.82) is 0 Å². The van der Waals surface area contributed by atoms with Crippen LogP contribution < -0.4 is 10.1 Å². The lowest BCUT2D eigenvalue weighted by molar-refractivity contribution is 0.324. The van der Waals surface area contributed by atoms with Crippen LogP contribution in [0.25, 0.3) is 0 Å². The van der Waals surface area contributed by atoms with E-state index in [2.05, 4.69) is 34.3 Å². The highest BCUT2D eigenvalue weighted by Gasteiger charge is 2.07. The maximum absolute atomic E-state index is 5.46. The largest absolute Gasteiger partial charge is 0.478 e. The first-order valence-corrected chi connectivity index (χ1v) is 7.32. The molecule has 1 N–H and O–H groups in total. The summed E-state index contributed by atoms with van der Waals surface area (Å²) in [6, 6.07) is 4.34. The number of nitrogens with one attached hydrogen (secondary N) is 1. The molecule has 19 heavy (non-hydrogen) atoms. The van der Waals surface area contributed by atoms with Crippen molar-refractivity contribution in [3.05, 3.63) is 33.8 Å². The van der Waals surface area contributed by atoms with Gasteiger partial charge in [0.15, 0.2) is 0 Å². The molecule has 0 aromatic carbocycles. The van der Waals surface area contributed by atoms with Gasteiger partial charge in [0.05, 0.1) is 18.7 Å². The summed E-state index contributed by atoms with van der Waals surface area (Å²) in [4.78, 5) is 11.1. The van der Waals surface area contributed by atoms with Crippen molar-refractivity contribution < 1.29 is 4.74 Å². The van der Waals surface area contributed by atoms with E-state index in [-0.39, 0.29) is 0 Å². The number of hydrogen-bond donors (Lipinski definition) is 1. The van der Waals surface area contributed by atoms with Gasteiger partial charge < -0.3 is 10.1 Å². The second kappa shape index (κ2) is 6.52. The summed E-state index contributed by atoms with van der Waals surface area (Å²) in [6.45, 7) is 7.49. The van der Waals surface area contributed by atoms with Crippen molar-refractivity contribution in [3.63, 3.8) is 0 Å². The Balaban J connectivity index is 2.04. The number of ether oxygens (including phenoxy) is 1. The monoisotopic (exact) mass is 277 g/mol. The minimum absolute atomic E-state index is 0.613. The smallest absolute Gasteiger partial charge is 0.221 e. The molecule has 2 heterocycles. The Kier molecular flexibility index (Phi) is 4.74. The van der Waals surface area contributed by atoms with Crippen LogP contribution in [0.5, 0.6) is 5.88 Å². The van der Waals surface area contributed by atoms with Crippen molar-refractivity contribution in [1.82, 2.24) is 9.97 Å². The van der Waals surface area contributed by atoms with Gasteiger partial charge in [0, 0.05) is 9.75 Å². The normalized spacial score (nSPS) is 10.5. The number of aryl methyl sites for hydroxylation is 1. The third-order valence-corrected chi connectivity index (χ3v) is 4.04. The molecule has 0 fully saturated rings. The number of anilines is 1. The molecule has 0 atom stereocenters. The summed E-state index contributed by atoms with van der Waals surface area (Å²) in [5.41, 5.74) is 0.955. The topological polar surface area (TPSA) is 47.0 Å². The molecule has 5 heteroatoms. The molecule has 2 aromatic rings. The zero-order chi connectivity index (χ0) is 13.7. The summed E-state index contributed by atoms with van der Waals surface area (Å²) in [7, 11) is 0. The molecular weight excluding hydrogens is 258 g/mol. The maximum Gasteiger partial charge on any atom is 0.221 e. The summed E-state index contributed by atoms with van der Waals surface area (Å²) in [5.74, 6) is 1.49. The van der Waals surface area contributed by atoms with Gasteiger partial charge in [-0.3, -0.25) is 0 Å². The van der Waals surface area contributed by atoms with Crippen LogP contribution >= 0.6 is 11.3 Å². The lowest BCUT2D eigenvalue weighted by Gasteiger charge is -2.10. The van der Waals surface area contributed by atoms with Gasteiger partial charge in [0.1, 0.15) is 12.1 Å². The van der Waals surface area contributed by atoms with E-state index in [4.69, 9.17) is 4.74 Å². The van der Waals surface area contributed by atoms with Crippen molar-refractivity contribution in [2.75, 3.05) is 11.9 Å². The Hall–Kier alpha value is -1.62. The summed E-state index contributed by atoms with van der Waals surface area (Å²) in [6.07, 6.45) is 2.62. The Labute approximate surface area is 117 Å². The Morgan fingerprint density at radius 2 is 2.00 bits per heavy atom. The number of rotatable bonds is 6. The van der Waals surface area contributed by atoms with E-state index in [0.717, 1.165) is 24.3 Å². The summed E-state index contributed by atoms with van der Waals surface area (Å²) in [5, 5.41) is 3.34. The van der Waals surface area contributed by atoms with Gasteiger partial charge in [-0.05, 0) is 32.4 Å². The van der Waals surface area contributed by atoms with Crippen LogP contribution in [0.2, 0.25) is 0 Å². The number of nitrogens with zero attached hydrogens (tertiary/aromatic N) is 2. The predicted molar refractivity (Wildman–Crippen MR) is 79.0 cm³/mol. The molecule has 0 bridgehead atoms. The van der Waals surface area contributed by atoms with Crippen LogP contribution in [-0.2, 0) is 13.0 Å². The van der Waals surface area contributed by atoms with Gasteiger partial charge in [0.2, 0.25) is 5.88 Å². The van der Waals surface area contributed by atoms with Crippen molar-refractivity contribution in [2.24, 2.45) is 0 Å². The van der Waals surface area contributed by atoms with E-state index in [1.165, 1.54) is 16.1 Å². The molecule has 0 saturated heterocycles. The van der Waals surface area contributed by atoms with Crippen molar-refractivity contribution in [3.8, 4) is 5.88 Å². The van der Waals surface area contributed by atoms with Gasteiger partial charge in [-0.15, -0.1) is 11.3 Å². The van der Waals surface area contributed by atoms with Gasteiger partial charge in [0.25, 0.3) is 0 Å². The standard InChI is InChI=1S/C14H19N3OS/c1-4-11-6-7-12(19-11)8-15-13-10(3)14(18-5-2)17-9-16-13/h6-7,9H,4-5,8H2,1-3H3,(H,15,16,17). The average Bonchev–Trinajstić information content (AvgIpc) is 2.88.